The molecule has 0 fully saturated rings. The number of para-hydroxylation sites is 2. The van der Waals surface area contributed by atoms with Gasteiger partial charge in [-0.3, -0.25) is 0 Å². The van der Waals surface area contributed by atoms with Crippen molar-refractivity contribution in [3.8, 4) is 28.6 Å². The number of aromatic nitrogens is 2. The molecular formula is C41H25F3N4. The molecule has 0 saturated carbocycles. The van der Waals surface area contributed by atoms with Crippen LogP contribution >= 0.6 is 0 Å². The highest BCUT2D eigenvalue weighted by Crippen LogP contribution is 2.46. The predicted octanol–water partition coefficient (Wildman–Crippen LogP) is 11.6. The molecule has 0 unspecified atom stereocenters. The van der Waals surface area contributed by atoms with Gasteiger partial charge in [-0.15, -0.1) is 0 Å². The lowest BCUT2D eigenvalue weighted by atomic mass is 9.94. The summed E-state index contributed by atoms with van der Waals surface area (Å²) in [7, 11) is 0. The Hall–Kier alpha value is -6.31. The molecule has 0 aliphatic carbocycles. The number of aryl methyl sites for hydroxylation is 2. The van der Waals surface area contributed by atoms with Crippen molar-refractivity contribution in [3.05, 3.63) is 149 Å². The zero-order valence-electron chi connectivity index (χ0n) is 25.9. The Morgan fingerprint density at radius 2 is 1.15 bits per heavy atom. The summed E-state index contributed by atoms with van der Waals surface area (Å²) in [6.07, 6.45) is -4.63. The van der Waals surface area contributed by atoms with E-state index in [-0.39, 0.29) is 5.56 Å². The van der Waals surface area contributed by atoms with Gasteiger partial charge < -0.3 is 9.13 Å². The van der Waals surface area contributed by atoms with Gasteiger partial charge in [0.05, 0.1) is 45.8 Å². The third kappa shape index (κ3) is 4.22. The van der Waals surface area contributed by atoms with E-state index in [1.165, 1.54) is 6.07 Å². The summed E-state index contributed by atoms with van der Waals surface area (Å²) in [5.74, 6) is 0. The molecule has 0 aliphatic rings. The van der Waals surface area contributed by atoms with Crippen LogP contribution in [0.1, 0.15) is 22.3 Å². The summed E-state index contributed by atoms with van der Waals surface area (Å²) in [5.41, 5.74) is 7.04. The fraction of sp³-hybridized carbons (Fsp3) is 0.0732. The van der Waals surface area contributed by atoms with Gasteiger partial charge in [0.25, 0.3) is 0 Å². The smallest absolute Gasteiger partial charge is 0.310 e. The first-order valence-corrected chi connectivity index (χ1v) is 15.4. The number of hydrogen-bond donors (Lipinski definition) is 0. The van der Waals surface area contributed by atoms with Crippen LogP contribution in [0.2, 0.25) is 0 Å². The molecule has 0 radical (unpaired) electrons. The molecule has 0 saturated heterocycles. The second kappa shape index (κ2) is 10.6. The fourth-order valence-electron chi connectivity index (χ4n) is 7.24. The van der Waals surface area contributed by atoms with Gasteiger partial charge in [-0.1, -0.05) is 66.7 Å². The fourth-order valence-corrected chi connectivity index (χ4v) is 7.24. The number of nitrogens with zero attached hydrogens (tertiary/aromatic N) is 4. The van der Waals surface area contributed by atoms with E-state index in [0.29, 0.717) is 28.2 Å². The van der Waals surface area contributed by atoms with Crippen molar-refractivity contribution >= 4 is 49.3 Å². The number of alkyl halides is 3. The van der Waals surface area contributed by atoms with Crippen LogP contribution in [0.15, 0.2) is 115 Å². The highest BCUT2D eigenvalue weighted by Gasteiger charge is 2.32. The van der Waals surface area contributed by atoms with Gasteiger partial charge in [-0.05, 0) is 73.5 Å². The number of hydrogen-bond acceptors (Lipinski definition) is 1. The molecule has 0 N–H and O–H groups in total. The van der Waals surface area contributed by atoms with E-state index in [4.69, 9.17) is 6.57 Å². The van der Waals surface area contributed by atoms with Crippen molar-refractivity contribution in [2.75, 3.05) is 0 Å². The third-order valence-electron chi connectivity index (χ3n) is 9.24. The van der Waals surface area contributed by atoms with Crippen LogP contribution in [0.3, 0.4) is 0 Å². The molecule has 8 rings (SSSR count). The SMILES string of the molecule is [C-]#[N+]c1cc(-n2c3ccccc3c3c(C)cccc32)c(-c2ccc(C(F)(F)F)cc2C#N)c(-n2c3ccccc3c3c(C)cccc32)c1. The van der Waals surface area contributed by atoms with E-state index >= 15 is 0 Å². The number of fused-ring (bicyclic) bond motifs is 6. The van der Waals surface area contributed by atoms with Crippen LogP contribution in [0, 0.1) is 31.8 Å². The highest BCUT2D eigenvalue weighted by molar-refractivity contribution is 6.13. The highest BCUT2D eigenvalue weighted by atomic mass is 19.4. The van der Waals surface area contributed by atoms with Gasteiger partial charge in [0.15, 0.2) is 5.69 Å². The Balaban J connectivity index is 1.63. The summed E-state index contributed by atoms with van der Waals surface area (Å²) in [5, 5.41) is 14.5. The number of rotatable bonds is 3. The second-order valence-corrected chi connectivity index (χ2v) is 12.0. The molecule has 2 heterocycles. The topological polar surface area (TPSA) is 38.0 Å². The van der Waals surface area contributed by atoms with E-state index < -0.39 is 11.7 Å². The molecule has 6 aromatic carbocycles. The molecule has 0 bridgehead atoms. The maximum atomic E-state index is 14.0. The minimum atomic E-state index is -4.63. The van der Waals surface area contributed by atoms with Gasteiger partial charge in [-0.25, -0.2) is 4.85 Å². The van der Waals surface area contributed by atoms with Gasteiger partial charge in [0.2, 0.25) is 0 Å². The van der Waals surface area contributed by atoms with E-state index in [2.05, 4.69) is 32.2 Å². The molecule has 0 atom stereocenters. The number of nitriles is 1. The Kier molecular flexibility index (Phi) is 6.44. The molecule has 8 aromatic rings. The maximum Gasteiger partial charge on any atom is 0.416 e. The minimum absolute atomic E-state index is 0.114. The van der Waals surface area contributed by atoms with Crippen LogP contribution in [0.5, 0.6) is 0 Å². The first-order valence-electron chi connectivity index (χ1n) is 15.4. The average Bonchev–Trinajstić information content (AvgIpc) is 3.61. The maximum absolute atomic E-state index is 14.0. The normalized spacial score (nSPS) is 11.8. The summed E-state index contributed by atoms with van der Waals surface area (Å²) in [6.45, 7) is 12.3. The van der Waals surface area contributed by atoms with E-state index in [1.807, 2.05) is 86.6 Å². The van der Waals surface area contributed by atoms with Crippen molar-refractivity contribution in [1.29, 1.82) is 5.26 Å². The van der Waals surface area contributed by atoms with Crippen molar-refractivity contribution in [1.82, 2.24) is 9.13 Å². The first kappa shape index (κ1) is 29.1. The van der Waals surface area contributed by atoms with Crippen LogP contribution in [-0.4, -0.2) is 9.13 Å². The zero-order valence-corrected chi connectivity index (χ0v) is 25.9. The first-order chi connectivity index (χ1) is 23.2. The molecule has 0 amide bonds. The minimum Gasteiger partial charge on any atom is -0.310 e. The zero-order chi connectivity index (χ0) is 33.3. The van der Waals surface area contributed by atoms with Crippen molar-refractivity contribution in [3.63, 3.8) is 0 Å². The van der Waals surface area contributed by atoms with Gasteiger partial charge in [0.1, 0.15) is 0 Å². The quantitative estimate of drug-likeness (QED) is 0.179. The van der Waals surface area contributed by atoms with E-state index in [1.54, 1.807) is 12.1 Å². The van der Waals surface area contributed by atoms with Crippen molar-refractivity contribution in [2.24, 2.45) is 0 Å². The lowest BCUT2D eigenvalue weighted by molar-refractivity contribution is -0.137. The summed E-state index contributed by atoms with van der Waals surface area (Å²) in [6, 6.07) is 37.0. The van der Waals surface area contributed by atoms with Crippen LogP contribution in [0.4, 0.5) is 18.9 Å². The lowest BCUT2D eigenvalue weighted by Crippen LogP contribution is -2.07. The average molecular weight is 631 g/mol. The Morgan fingerprint density at radius 3 is 1.62 bits per heavy atom. The van der Waals surface area contributed by atoms with E-state index in [9.17, 15) is 18.4 Å². The molecule has 230 valence electrons. The van der Waals surface area contributed by atoms with Gasteiger partial charge in [-0.2, -0.15) is 18.4 Å². The molecule has 4 nitrogen and oxygen atoms in total. The van der Waals surface area contributed by atoms with Gasteiger partial charge >= 0.3 is 6.18 Å². The third-order valence-corrected chi connectivity index (χ3v) is 9.24. The van der Waals surface area contributed by atoms with Crippen LogP contribution < -0.4 is 0 Å². The molecule has 48 heavy (non-hydrogen) atoms. The van der Waals surface area contributed by atoms with E-state index in [0.717, 1.165) is 66.9 Å². The molecule has 7 heteroatoms. The van der Waals surface area contributed by atoms with Crippen LogP contribution in [0.25, 0.3) is 71.0 Å². The standard InChI is InChI=1S/C41H25F3N4/c1-24-10-8-16-34-38(24)30-12-4-6-14-32(30)47(34)36-21-28(46-3)22-37(40(36)29-19-18-27(41(42,43)44)20-26(29)23-45)48-33-15-7-5-13-31(33)39-25(2)11-9-17-35(39)48/h4-22H,1-2H3. The number of halogens is 3. The predicted molar refractivity (Wildman–Crippen MR) is 186 cm³/mol. The Bertz CT molecular complexity index is 2570. The second-order valence-electron chi connectivity index (χ2n) is 12.0. The summed E-state index contributed by atoms with van der Waals surface area (Å²) < 4.78 is 46.0. The largest absolute Gasteiger partial charge is 0.416 e. The number of benzene rings is 6. The Morgan fingerprint density at radius 1 is 0.646 bits per heavy atom. The molecule has 0 spiro atoms. The molecule has 0 aliphatic heterocycles. The lowest BCUT2D eigenvalue weighted by Gasteiger charge is -2.22. The van der Waals surface area contributed by atoms with Gasteiger partial charge in [0, 0.05) is 44.0 Å². The van der Waals surface area contributed by atoms with Crippen LogP contribution in [-0.2, 0) is 6.18 Å². The Labute approximate surface area is 273 Å². The summed E-state index contributed by atoms with van der Waals surface area (Å²) in [4.78, 5) is 3.90. The molecular weight excluding hydrogens is 605 g/mol. The summed E-state index contributed by atoms with van der Waals surface area (Å²) >= 11 is 0. The van der Waals surface area contributed by atoms with Crippen molar-refractivity contribution in [2.45, 2.75) is 20.0 Å². The molecule has 2 aromatic heterocycles. The van der Waals surface area contributed by atoms with Crippen molar-refractivity contribution < 1.29 is 13.2 Å². The monoisotopic (exact) mass is 630 g/mol.